The lowest BCUT2D eigenvalue weighted by molar-refractivity contribution is -0.125. The molecule has 0 spiro atoms. The minimum atomic E-state index is -1.56. The Hall–Kier alpha value is -2.37. The molecule has 0 radical (unpaired) electrons. The Balaban J connectivity index is 2.05. The number of carbonyl (C=O) groups is 1. The number of likely N-dealkylation sites (N-methyl/N-ethyl adjacent to an activating group) is 1. The Kier molecular flexibility index (Phi) is 5.52. The smallest absolute Gasteiger partial charge is 0.423 e. The standard InChI is InChI=1S/C17H18BNO3/c1-19(13-14-7-3-2-4-8-14)17(20)12-11-15-9-5-6-10-16(15)18(21)22/h2-12,21-22H,13H2,1H3. The summed E-state index contributed by atoms with van der Waals surface area (Å²) in [6, 6.07) is 16.6. The Morgan fingerprint density at radius 3 is 2.41 bits per heavy atom. The maximum absolute atomic E-state index is 12.1. The zero-order valence-corrected chi connectivity index (χ0v) is 12.4. The molecule has 112 valence electrons. The van der Waals surface area contributed by atoms with Crippen molar-refractivity contribution in [2.75, 3.05) is 7.05 Å². The molecule has 0 atom stereocenters. The van der Waals surface area contributed by atoms with Crippen LogP contribution in [0.2, 0.25) is 0 Å². The van der Waals surface area contributed by atoms with Crippen molar-refractivity contribution in [1.82, 2.24) is 4.90 Å². The van der Waals surface area contributed by atoms with E-state index < -0.39 is 7.12 Å². The zero-order chi connectivity index (χ0) is 15.9. The predicted molar refractivity (Wildman–Crippen MR) is 88.2 cm³/mol. The summed E-state index contributed by atoms with van der Waals surface area (Å²) >= 11 is 0. The van der Waals surface area contributed by atoms with Crippen LogP contribution in [-0.4, -0.2) is 35.0 Å². The topological polar surface area (TPSA) is 60.8 Å². The molecule has 0 saturated heterocycles. The molecule has 2 aromatic rings. The molecule has 0 heterocycles. The van der Waals surface area contributed by atoms with Crippen molar-refractivity contribution in [2.45, 2.75) is 6.54 Å². The first kappa shape index (κ1) is 16.0. The summed E-state index contributed by atoms with van der Waals surface area (Å²) in [4.78, 5) is 13.7. The first-order valence-electron chi connectivity index (χ1n) is 7.00. The number of nitrogens with zero attached hydrogens (tertiary/aromatic N) is 1. The van der Waals surface area contributed by atoms with Gasteiger partial charge in [0.1, 0.15) is 0 Å². The second kappa shape index (κ2) is 7.59. The molecule has 5 heteroatoms. The van der Waals surface area contributed by atoms with Crippen LogP contribution in [-0.2, 0) is 11.3 Å². The van der Waals surface area contributed by atoms with Crippen molar-refractivity contribution in [3.63, 3.8) is 0 Å². The lowest BCUT2D eigenvalue weighted by Crippen LogP contribution is -2.32. The number of benzene rings is 2. The van der Waals surface area contributed by atoms with E-state index in [4.69, 9.17) is 0 Å². The van der Waals surface area contributed by atoms with Crippen molar-refractivity contribution in [3.05, 3.63) is 71.8 Å². The zero-order valence-electron chi connectivity index (χ0n) is 12.4. The monoisotopic (exact) mass is 295 g/mol. The summed E-state index contributed by atoms with van der Waals surface area (Å²) in [6.45, 7) is 0.522. The fraction of sp³-hybridized carbons (Fsp3) is 0.118. The molecular weight excluding hydrogens is 277 g/mol. The third-order valence-electron chi connectivity index (χ3n) is 3.32. The average molecular weight is 295 g/mol. The summed E-state index contributed by atoms with van der Waals surface area (Å²) in [5, 5.41) is 18.6. The van der Waals surface area contributed by atoms with Gasteiger partial charge >= 0.3 is 7.12 Å². The van der Waals surface area contributed by atoms with Crippen molar-refractivity contribution >= 4 is 24.6 Å². The van der Waals surface area contributed by atoms with E-state index in [1.165, 1.54) is 6.08 Å². The minimum absolute atomic E-state index is 0.147. The van der Waals surface area contributed by atoms with Gasteiger partial charge in [-0.15, -0.1) is 0 Å². The molecule has 0 bridgehead atoms. The van der Waals surface area contributed by atoms with E-state index in [-0.39, 0.29) is 5.91 Å². The molecule has 22 heavy (non-hydrogen) atoms. The Morgan fingerprint density at radius 2 is 1.73 bits per heavy atom. The van der Waals surface area contributed by atoms with Gasteiger partial charge in [-0.2, -0.15) is 0 Å². The molecular formula is C17H18BNO3. The van der Waals surface area contributed by atoms with Crippen LogP contribution in [0.15, 0.2) is 60.7 Å². The quantitative estimate of drug-likeness (QED) is 0.640. The molecule has 0 aliphatic rings. The summed E-state index contributed by atoms with van der Waals surface area (Å²) in [6.07, 6.45) is 3.03. The second-order valence-electron chi connectivity index (χ2n) is 5.02. The lowest BCUT2D eigenvalue weighted by atomic mass is 9.77. The fourth-order valence-electron chi connectivity index (χ4n) is 2.12. The fourth-order valence-corrected chi connectivity index (χ4v) is 2.12. The lowest BCUT2D eigenvalue weighted by Gasteiger charge is -2.15. The van der Waals surface area contributed by atoms with Gasteiger partial charge in [0, 0.05) is 19.7 Å². The molecule has 0 aliphatic heterocycles. The van der Waals surface area contributed by atoms with Crippen LogP contribution in [0.5, 0.6) is 0 Å². The minimum Gasteiger partial charge on any atom is -0.423 e. The van der Waals surface area contributed by atoms with Gasteiger partial charge in [0.05, 0.1) is 0 Å². The predicted octanol–water partition coefficient (Wildman–Crippen LogP) is 1.04. The van der Waals surface area contributed by atoms with E-state index >= 15 is 0 Å². The number of carbonyl (C=O) groups excluding carboxylic acids is 1. The maximum atomic E-state index is 12.1. The third-order valence-corrected chi connectivity index (χ3v) is 3.32. The van der Waals surface area contributed by atoms with Gasteiger partial charge in [-0.25, -0.2) is 0 Å². The molecule has 0 fully saturated rings. The van der Waals surface area contributed by atoms with Gasteiger partial charge < -0.3 is 14.9 Å². The summed E-state index contributed by atoms with van der Waals surface area (Å²) < 4.78 is 0. The van der Waals surface area contributed by atoms with E-state index in [2.05, 4.69) is 0 Å². The first-order chi connectivity index (χ1) is 10.6. The first-order valence-corrected chi connectivity index (χ1v) is 7.00. The van der Waals surface area contributed by atoms with Crippen molar-refractivity contribution < 1.29 is 14.8 Å². The van der Waals surface area contributed by atoms with Gasteiger partial charge in [-0.3, -0.25) is 4.79 Å². The van der Waals surface area contributed by atoms with Gasteiger partial charge in [0.15, 0.2) is 0 Å². The molecule has 1 amide bonds. The number of rotatable bonds is 5. The van der Waals surface area contributed by atoms with Crippen LogP contribution < -0.4 is 5.46 Å². The van der Waals surface area contributed by atoms with Crippen molar-refractivity contribution in [3.8, 4) is 0 Å². The molecule has 2 N–H and O–H groups in total. The molecule has 0 aromatic heterocycles. The number of hydrogen-bond donors (Lipinski definition) is 2. The highest BCUT2D eigenvalue weighted by molar-refractivity contribution is 6.59. The summed E-state index contributed by atoms with van der Waals surface area (Å²) in [5.41, 5.74) is 2.04. The van der Waals surface area contributed by atoms with Crippen LogP contribution in [0.25, 0.3) is 6.08 Å². The molecule has 0 aliphatic carbocycles. The molecule has 0 saturated carbocycles. The Labute approximate surface area is 130 Å². The van der Waals surface area contributed by atoms with Crippen molar-refractivity contribution in [1.29, 1.82) is 0 Å². The summed E-state index contributed by atoms with van der Waals surface area (Å²) in [7, 11) is 0.171. The SMILES string of the molecule is CN(Cc1ccccc1)C(=O)C=Cc1ccccc1B(O)O. The number of hydrogen-bond acceptors (Lipinski definition) is 3. The van der Waals surface area contributed by atoms with Gasteiger partial charge in [0.25, 0.3) is 0 Å². The Bertz CT molecular complexity index is 656. The highest BCUT2D eigenvalue weighted by atomic mass is 16.4. The highest BCUT2D eigenvalue weighted by Gasteiger charge is 2.14. The largest absolute Gasteiger partial charge is 0.489 e. The van der Waals surface area contributed by atoms with E-state index in [1.54, 1.807) is 42.3 Å². The normalized spacial score (nSPS) is 10.7. The van der Waals surface area contributed by atoms with E-state index in [0.29, 0.717) is 17.6 Å². The van der Waals surface area contributed by atoms with E-state index in [0.717, 1.165) is 5.56 Å². The number of amides is 1. The van der Waals surface area contributed by atoms with Gasteiger partial charge in [-0.1, -0.05) is 54.6 Å². The Morgan fingerprint density at radius 1 is 1.09 bits per heavy atom. The van der Waals surface area contributed by atoms with Gasteiger partial charge in [-0.05, 0) is 22.7 Å². The van der Waals surface area contributed by atoms with Gasteiger partial charge in [0.2, 0.25) is 5.91 Å². The van der Waals surface area contributed by atoms with Crippen LogP contribution in [0.4, 0.5) is 0 Å². The van der Waals surface area contributed by atoms with Crippen LogP contribution in [0.3, 0.4) is 0 Å². The molecule has 2 rings (SSSR count). The molecule has 0 unspecified atom stereocenters. The molecule has 4 nitrogen and oxygen atoms in total. The third kappa shape index (κ3) is 4.31. The second-order valence-corrected chi connectivity index (χ2v) is 5.02. The van der Waals surface area contributed by atoms with Crippen molar-refractivity contribution in [2.24, 2.45) is 0 Å². The molecule has 2 aromatic carbocycles. The maximum Gasteiger partial charge on any atom is 0.489 e. The average Bonchev–Trinajstić information content (AvgIpc) is 2.53. The van der Waals surface area contributed by atoms with Crippen LogP contribution in [0, 0.1) is 0 Å². The van der Waals surface area contributed by atoms with E-state index in [9.17, 15) is 14.8 Å². The highest BCUT2D eigenvalue weighted by Crippen LogP contribution is 2.05. The van der Waals surface area contributed by atoms with Crippen LogP contribution >= 0.6 is 0 Å². The van der Waals surface area contributed by atoms with E-state index in [1.807, 2.05) is 30.3 Å². The summed E-state index contributed by atoms with van der Waals surface area (Å²) in [5.74, 6) is -0.147. The van der Waals surface area contributed by atoms with Crippen LogP contribution in [0.1, 0.15) is 11.1 Å².